The number of anilines is 1. The van der Waals surface area contributed by atoms with Crippen molar-refractivity contribution in [1.82, 2.24) is 5.32 Å². The molecule has 0 aliphatic carbocycles. The molecule has 0 bridgehead atoms. The molecule has 0 radical (unpaired) electrons. The summed E-state index contributed by atoms with van der Waals surface area (Å²) in [5, 5.41) is 3.49. The third-order valence-corrected chi connectivity index (χ3v) is 6.93. The summed E-state index contributed by atoms with van der Waals surface area (Å²) in [6.45, 7) is 9.48. The maximum absolute atomic E-state index is 13.1. The fraction of sp³-hybridized carbons (Fsp3) is 0.435. The Hall–Kier alpha value is -1.96. The second-order valence-corrected chi connectivity index (χ2v) is 10.9. The van der Waals surface area contributed by atoms with Gasteiger partial charge in [0.15, 0.2) is 0 Å². The van der Waals surface area contributed by atoms with E-state index >= 15 is 0 Å². The fourth-order valence-corrected chi connectivity index (χ4v) is 5.37. The molecule has 6 nitrogen and oxygen atoms in total. The van der Waals surface area contributed by atoms with Gasteiger partial charge in [-0.2, -0.15) is 0 Å². The summed E-state index contributed by atoms with van der Waals surface area (Å²) in [5.41, 5.74) is 3.16. The standard InChI is InChI=1S/C23H30Cl2N2O4S/c1-13(2)20-12-21(14(3)8-22(20)31-6)15(4)26-23(28)16(5)27(32(7,29)30)19-10-17(24)9-18(25)11-19/h8-13,15-16H,1-7H3,(H,26,28). The quantitative estimate of drug-likeness (QED) is 0.521. The monoisotopic (exact) mass is 500 g/mol. The number of benzene rings is 2. The third-order valence-electron chi connectivity index (χ3n) is 5.26. The Labute approximate surface area is 200 Å². The van der Waals surface area contributed by atoms with E-state index < -0.39 is 22.0 Å². The third kappa shape index (κ3) is 6.09. The van der Waals surface area contributed by atoms with E-state index in [1.165, 1.54) is 25.1 Å². The zero-order valence-electron chi connectivity index (χ0n) is 19.4. The molecule has 0 aromatic heterocycles. The van der Waals surface area contributed by atoms with Gasteiger partial charge in [0, 0.05) is 10.0 Å². The number of methoxy groups -OCH3 is 1. The molecule has 1 N–H and O–H groups in total. The molecule has 0 heterocycles. The molecule has 2 rings (SSSR count). The molecule has 2 aromatic carbocycles. The van der Waals surface area contributed by atoms with Gasteiger partial charge in [-0.3, -0.25) is 9.10 Å². The molecule has 0 aliphatic rings. The van der Waals surface area contributed by atoms with Crippen molar-refractivity contribution in [3.8, 4) is 5.75 Å². The lowest BCUT2D eigenvalue weighted by Crippen LogP contribution is -2.48. The van der Waals surface area contributed by atoms with Crippen molar-refractivity contribution in [2.45, 2.75) is 52.6 Å². The summed E-state index contributed by atoms with van der Waals surface area (Å²) in [4.78, 5) is 13.1. The number of sulfonamides is 1. The van der Waals surface area contributed by atoms with Crippen LogP contribution in [0.1, 0.15) is 56.3 Å². The lowest BCUT2D eigenvalue weighted by atomic mass is 9.93. The maximum Gasteiger partial charge on any atom is 0.244 e. The predicted octanol–water partition coefficient (Wildman–Crippen LogP) is 5.47. The number of hydrogen-bond donors (Lipinski definition) is 1. The second-order valence-electron chi connectivity index (χ2n) is 8.20. The lowest BCUT2D eigenvalue weighted by molar-refractivity contribution is -0.122. The number of nitrogens with one attached hydrogen (secondary N) is 1. The highest BCUT2D eigenvalue weighted by molar-refractivity contribution is 7.92. The van der Waals surface area contributed by atoms with E-state index in [2.05, 4.69) is 19.2 Å². The largest absolute Gasteiger partial charge is 0.496 e. The van der Waals surface area contributed by atoms with E-state index in [1.807, 2.05) is 26.0 Å². The molecule has 0 spiro atoms. The summed E-state index contributed by atoms with van der Waals surface area (Å²) in [7, 11) is -2.16. The summed E-state index contributed by atoms with van der Waals surface area (Å²) in [6, 6.07) is 7.03. The summed E-state index contributed by atoms with van der Waals surface area (Å²) < 4.78 is 31.6. The topological polar surface area (TPSA) is 75.7 Å². The Morgan fingerprint density at radius 3 is 2.03 bits per heavy atom. The summed E-state index contributed by atoms with van der Waals surface area (Å²) >= 11 is 12.1. The Kier molecular flexibility index (Phi) is 8.48. The highest BCUT2D eigenvalue weighted by Crippen LogP contribution is 2.33. The van der Waals surface area contributed by atoms with Gasteiger partial charge in [-0.05, 0) is 73.7 Å². The normalized spacial score (nSPS) is 13.6. The smallest absolute Gasteiger partial charge is 0.244 e. The number of aryl methyl sites for hydroxylation is 1. The van der Waals surface area contributed by atoms with Crippen LogP contribution in [-0.2, 0) is 14.8 Å². The molecule has 1 amide bonds. The number of rotatable bonds is 8. The number of halogens is 2. The van der Waals surface area contributed by atoms with Gasteiger partial charge in [-0.25, -0.2) is 8.42 Å². The van der Waals surface area contributed by atoms with Crippen molar-refractivity contribution in [2.24, 2.45) is 0 Å². The van der Waals surface area contributed by atoms with Crippen LogP contribution in [0.25, 0.3) is 0 Å². The fourth-order valence-electron chi connectivity index (χ4n) is 3.70. The van der Waals surface area contributed by atoms with Crippen molar-refractivity contribution in [2.75, 3.05) is 17.7 Å². The van der Waals surface area contributed by atoms with Gasteiger partial charge in [0.1, 0.15) is 11.8 Å². The van der Waals surface area contributed by atoms with Crippen LogP contribution >= 0.6 is 23.2 Å². The van der Waals surface area contributed by atoms with Crippen LogP contribution in [0.2, 0.25) is 10.0 Å². The molecular weight excluding hydrogens is 471 g/mol. The van der Waals surface area contributed by atoms with E-state index in [0.29, 0.717) is 0 Å². The van der Waals surface area contributed by atoms with Crippen molar-refractivity contribution >= 4 is 44.8 Å². The first-order valence-electron chi connectivity index (χ1n) is 10.2. The Balaban J connectivity index is 2.37. The molecule has 2 unspecified atom stereocenters. The van der Waals surface area contributed by atoms with Crippen LogP contribution in [0.5, 0.6) is 5.75 Å². The number of carbonyl (C=O) groups excluding carboxylic acids is 1. The van der Waals surface area contributed by atoms with Crippen molar-refractivity contribution in [3.05, 3.63) is 57.1 Å². The maximum atomic E-state index is 13.1. The average molecular weight is 501 g/mol. The van der Waals surface area contributed by atoms with Gasteiger partial charge >= 0.3 is 0 Å². The minimum Gasteiger partial charge on any atom is -0.496 e. The number of nitrogens with zero attached hydrogens (tertiary/aromatic N) is 1. The first kappa shape index (κ1) is 26.3. The Bertz CT molecular complexity index is 1080. The van der Waals surface area contributed by atoms with E-state index in [-0.39, 0.29) is 27.7 Å². The molecule has 0 aliphatic heterocycles. The summed E-state index contributed by atoms with van der Waals surface area (Å²) in [6.07, 6.45) is 1.04. The van der Waals surface area contributed by atoms with Gasteiger partial charge in [0.05, 0.1) is 25.1 Å². The molecule has 176 valence electrons. The Morgan fingerprint density at radius 2 is 1.56 bits per heavy atom. The highest BCUT2D eigenvalue weighted by Gasteiger charge is 2.30. The van der Waals surface area contributed by atoms with Crippen molar-refractivity contribution in [3.63, 3.8) is 0 Å². The zero-order chi connectivity index (χ0) is 24.4. The number of amides is 1. The van der Waals surface area contributed by atoms with Gasteiger partial charge in [0.2, 0.25) is 15.9 Å². The van der Waals surface area contributed by atoms with Gasteiger partial charge in [0.25, 0.3) is 0 Å². The molecule has 32 heavy (non-hydrogen) atoms. The number of carbonyl (C=O) groups is 1. The van der Waals surface area contributed by atoms with Crippen LogP contribution in [0.3, 0.4) is 0 Å². The first-order valence-corrected chi connectivity index (χ1v) is 12.8. The van der Waals surface area contributed by atoms with E-state index in [4.69, 9.17) is 27.9 Å². The SMILES string of the molecule is COc1cc(C)c(C(C)NC(=O)C(C)N(c2cc(Cl)cc(Cl)c2)S(C)(=O)=O)cc1C(C)C. The highest BCUT2D eigenvalue weighted by atomic mass is 35.5. The minimum absolute atomic E-state index is 0.225. The van der Waals surface area contributed by atoms with Crippen LogP contribution in [-0.4, -0.2) is 33.7 Å². The van der Waals surface area contributed by atoms with Crippen molar-refractivity contribution in [1.29, 1.82) is 0 Å². The molecule has 2 atom stereocenters. The van der Waals surface area contributed by atoms with Crippen LogP contribution < -0.4 is 14.4 Å². The average Bonchev–Trinajstić information content (AvgIpc) is 2.65. The molecule has 0 fully saturated rings. The molecule has 9 heteroatoms. The minimum atomic E-state index is -3.79. The Morgan fingerprint density at radius 1 is 1.00 bits per heavy atom. The van der Waals surface area contributed by atoms with Gasteiger partial charge in [-0.1, -0.05) is 37.0 Å². The molecule has 2 aromatic rings. The van der Waals surface area contributed by atoms with Crippen LogP contribution in [0.15, 0.2) is 30.3 Å². The van der Waals surface area contributed by atoms with E-state index in [9.17, 15) is 13.2 Å². The van der Waals surface area contributed by atoms with Gasteiger partial charge in [-0.15, -0.1) is 0 Å². The van der Waals surface area contributed by atoms with E-state index in [1.54, 1.807) is 7.11 Å². The summed E-state index contributed by atoms with van der Waals surface area (Å²) in [5.74, 6) is 0.592. The number of ether oxygens (including phenoxy) is 1. The lowest BCUT2D eigenvalue weighted by Gasteiger charge is -2.30. The van der Waals surface area contributed by atoms with Crippen LogP contribution in [0, 0.1) is 6.92 Å². The second kappa shape index (κ2) is 10.3. The molecular formula is C23H30Cl2N2O4S. The zero-order valence-corrected chi connectivity index (χ0v) is 21.7. The number of hydrogen-bond acceptors (Lipinski definition) is 4. The predicted molar refractivity (Wildman–Crippen MR) is 132 cm³/mol. The van der Waals surface area contributed by atoms with Gasteiger partial charge < -0.3 is 10.1 Å². The first-order chi connectivity index (χ1) is 14.8. The van der Waals surface area contributed by atoms with E-state index in [0.717, 1.165) is 33.0 Å². The van der Waals surface area contributed by atoms with Crippen LogP contribution in [0.4, 0.5) is 5.69 Å². The van der Waals surface area contributed by atoms with Crippen molar-refractivity contribution < 1.29 is 17.9 Å². The molecule has 0 saturated carbocycles. The molecule has 0 saturated heterocycles.